The molecule has 1 aromatic carbocycles. The zero-order valence-electron chi connectivity index (χ0n) is 8.67. The van der Waals surface area contributed by atoms with Crippen LogP contribution >= 0.6 is 11.3 Å². The first-order valence-electron chi connectivity index (χ1n) is 4.55. The van der Waals surface area contributed by atoms with E-state index in [-0.39, 0.29) is 16.9 Å². The van der Waals surface area contributed by atoms with Gasteiger partial charge in [-0.15, -0.1) is 0 Å². The van der Waals surface area contributed by atoms with Crippen LogP contribution in [0.4, 0.5) is 0 Å². The van der Waals surface area contributed by atoms with E-state index in [9.17, 15) is 19.8 Å². The quantitative estimate of drug-likeness (QED) is 0.770. The van der Waals surface area contributed by atoms with Crippen LogP contribution in [0.15, 0.2) is 21.3 Å². The van der Waals surface area contributed by atoms with Crippen molar-refractivity contribution in [2.45, 2.75) is 6.10 Å². The molecule has 7 heteroatoms. The first-order chi connectivity index (χ1) is 8.02. The number of carbonyl (C=O) groups is 1. The van der Waals surface area contributed by atoms with Gasteiger partial charge in [-0.05, 0) is 6.07 Å². The maximum atomic E-state index is 11.1. The van der Waals surface area contributed by atoms with Gasteiger partial charge in [-0.3, -0.25) is 0 Å². The van der Waals surface area contributed by atoms with Gasteiger partial charge in [0.15, 0.2) is 6.10 Å². The molecule has 17 heavy (non-hydrogen) atoms. The van der Waals surface area contributed by atoms with Gasteiger partial charge in [0.05, 0.1) is 11.8 Å². The van der Waals surface area contributed by atoms with Crippen LogP contribution in [-0.4, -0.2) is 23.3 Å². The van der Waals surface area contributed by atoms with Crippen LogP contribution in [0.25, 0.3) is 10.3 Å². The third kappa shape index (κ3) is 2.02. The number of methoxy groups -OCH3 is 1. The van der Waals surface area contributed by atoms with Crippen molar-refractivity contribution in [1.82, 2.24) is 0 Å². The van der Waals surface area contributed by atoms with Gasteiger partial charge in [0.1, 0.15) is 11.3 Å². The molecule has 0 saturated heterocycles. The number of aliphatic hydroxyl groups excluding tert-OH is 1. The number of benzene rings is 1. The van der Waals surface area contributed by atoms with Crippen molar-refractivity contribution in [3.8, 4) is 5.75 Å². The molecule has 0 radical (unpaired) electrons. The van der Waals surface area contributed by atoms with Gasteiger partial charge in [-0.2, -0.15) is 0 Å². The summed E-state index contributed by atoms with van der Waals surface area (Å²) in [6, 6.07) is 2.50. The number of aliphatic hydroxyl groups is 1. The van der Waals surface area contributed by atoms with Crippen LogP contribution in [0.2, 0.25) is 0 Å². The second-order valence-electron chi connectivity index (χ2n) is 3.24. The molecule has 90 valence electrons. The van der Waals surface area contributed by atoms with Crippen molar-refractivity contribution >= 4 is 27.6 Å². The van der Waals surface area contributed by atoms with Crippen LogP contribution in [0, 0.1) is 0 Å². The first-order valence-corrected chi connectivity index (χ1v) is 5.37. The molecule has 0 aliphatic carbocycles. The highest BCUT2D eigenvalue weighted by atomic mass is 32.1. The fourth-order valence-electron chi connectivity index (χ4n) is 1.38. The Balaban J connectivity index is 2.57. The molecule has 2 N–H and O–H groups in total. The summed E-state index contributed by atoms with van der Waals surface area (Å²) in [5, 5.41) is 19.2. The third-order valence-corrected chi connectivity index (χ3v) is 2.99. The molecule has 0 spiro atoms. The molecule has 1 atom stereocenters. The summed E-state index contributed by atoms with van der Waals surface area (Å²) >= 11 is 0.821. The summed E-state index contributed by atoms with van der Waals surface area (Å²) in [5.74, 6) is -1.20. The van der Waals surface area contributed by atoms with Gasteiger partial charge >= 0.3 is 10.9 Å². The Morgan fingerprint density at radius 1 is 1.53 bits per heavy atom. The molecule has 2 aromatic rings. The van der Waals surface area contributed by atoms with Crippen molar-refractivity contribution in [2.24, 2.45) is 0 Å². The van der Waals surface area contributed by atoms with Crippen molar-refractivity contribution in [3.05, 3.63) is 27.4 Å². The van der Waals surface area contributed by atoms with Crippen molar-refractivity contribution in [2.75, 3.05) is 7.11 Å². The molecule has 2 rings (SSSR count). The lowest BCUT2D eigenvalue weighted by Gasteiger charge is -2.09. The predicted molar refractivity (Wildman–Crippen MR) is 59.0 cm³/mol. The fraction of sp³-hybridized carbons (Fsp3) is 0.200. The molecule has 1 aromatic heterocycles. The third-order valence-electron chi connectivity index (χ3n) is 2.20. The molecule has 0 aliphatic rings. The van der Waals surface area contributed by atoms with Crippen LogP contribution in [0.1, 0.15) is 11.7 Å². The molecule has 0 aliphatic heterocycles. The maximum Gasteiger partial charge on any atom is 0.396 e. The topological polar surface area (TPSA) is 97.0 Å². The average molecular weight is 256 g/mol. The van der Waals surface area contributed by atoms with E-state index in [1.807, 2.05) is 0 Å². The lowest BCUT2D eigenvalue weighted by atomic mass is 10.1. The summed E-state index contributed by atoms with van der Waals surface area (Å²) in [6.45, 7) is 0. The molecular formula is C10H8O6S. The standard InChI is InChI=1S/C10H8O6S/c1-15-9(13)8(12)4-2-6-7(3-5(4)11)17-10(14)16-6/h2-3,8,11-12H,1H3. The first kappa shape index (κ1) is 11.6. The van der Waals surface area contributed by atoms with E-state index in [0.29, 0.717) is 4.70 Å². The number of fused-ring (bicyclic) bond motifs is 1. The number of phenols is 1. The number of phenolic OH excluding ortho intramolecular Hbond substituents is 1. The summed E-state index contributed by atoms with van der Waals surface area (Å²) in [4.78, 5) is 21.6. The Labute approximate surface area is 98.7 Å². The molecule has 1 heterocycles. The smallest absolute Gasteiger partial charge is 0.396 e. The van der Waals surface area contributed by atoms with Crippen LogP contribution < -0.4 is 4.94 Å². The predicted octanol–water partition coefficient (Wildman–Crippen LogP) is 0.766. The van der Waals surface area contributed by atoms with E-state index < -0.39 is 17.0 Å². The molecule has 0 fully saturated rings. The van der Waals surface area contributed by atoms with Gasteiger partial charge in [0, 0.05) is 11.6 Å². The number of rotatable bonds is 2. The van der Waals surface area contributed by atoms with Crippen molar-refractivity contribution < 1.29 is 24.2 Å². The van der Waals surface area contributed by atoms with Crippen LogP contribution in [-0.2, 0) is 9.53 Å². The number of carbonyl (C=O) groups excluding carboxylic acids is 1. The highest BCUT2D eigenvalue weighted by Crippen LogP contribution is 2.31. The van der Waals surface area contributed by atoms with Gasteiger partial charge in [-0.25, -0.2) is 9.59 Å². The monoisotopic (exact) mass is 256 g/mol. The summed E-state index contributed by atoms with van der Waals surface area (Å²) < 4.78 is 9.60. The van der Waals surface area contributed by atoms with Crippen LogP contribution in [0.3, 0.4) is 0 Å². The zero-order chi connectivity index (χ0) is 12.6. The Bertz CT molecular complexity index is 625. The number of hydrogen-bond donors (Lipinski definition) is 2. The minimum absolute atomic E-state index is 0.0640. The highest BCUT2D eigenvalue weighted by Gasteiger charge is 2.22. The van der Waals surface area contributed by atoms with Crippen LogP contribution in [0.5, 0.6) is 5.75 Å². The summed E-state index contributed by atoms with van der Waals surface area (Å²) in [5.41, 5.74) is 0.140. The van der Waals surface area contributed by atoms with E-state index in [2.05, 4.69) is 4.74 Å². The van der Waals surface area contributed by atoms with E-state index in [4.69, 9.17) is 4.42 Å². The lowest BCUT2D eigenvalue weighted by molar-refractivity contribution is -0.150. The van der Waals surface area contributed by atoms with Gasteiger partial charge in [0.25, 0.3) is 0 Å². The normalized spacial score (nSPS) is 12.6. The van der Waals surface area contributed by atoms with E-state index in [0.717, 1.165) is 18.4 Å². The Morgan fingerprint density at radius 2 is 2.24 bits per heavy atom. The maximum absolute atomic E-state index is 11.1. The number of esters is 1. The number of hydrogen-bond acceptors (Lipinski definition) is 7. The molecular weight excluding hydrogens is 248 g/mol. The Hall–Kier alpha value is -1.86. The second kappa shape index (κ2) is 4.19. The molecule has 0 amide bonds. The van der Waals surface area contributed by atoms with Gasteiger partial charge < -0.3 is 19.4 Å². The van der Waals surface area contributed by atoms with E-state index >= 15 is 0 Å². The Morgan fingerprint density at radius 3 is 2.88 bits per heavy atom. The molecule has 0 bridgehead atoms. The summed E-state index contributed by atoms with van der Waals surface area (Å²) in [6.07, 6.45) is -1.62. The van der Waals surface area contributed by atoms with E-state index in [1.54, 1.807) is 0 Å². The lowest BCUT2D eigenvalue weighted by Crippen LogP contribution is -2.13. The van der Waals surface area contributed by atoms with Crippen molar-refractivity contribution in [3.63, 3.8) is 0 Å². The largest absolute Gasteiger partial charge is 0.507 e. The zero-order valence-corrected chi connectivity index (χ0v) is 9.48. The SMILES string of the molecule is COC(=O)C(O)c1cc2oc(=O)sc2cc1O. The minimum Gasteiger partial charge on any atom is -0.507 e. The number of ether oxygens (including phenoxy) is 1. The second-order valence-corrected chi connectivity index (χ2v) is 4.21. The van der Waals surface area contributed by atoms with Gasteiger partial charge in [-0.1, -0.05) is 11.3 Å². The van der Waals surface area contributed by atoms with Gasteiger partial charge in [0.2, 0.25) is 0 Å². The minimum atomic E-state index is -1.62. The number of aromatic hydroxyl groups is 1. The fourth-order valence-corrected chi connectivity index (χ4v) is 2.07. The highest BCUT2D eigenvalue weighted by molar-refractivity contribution is 7.16. The summed E-state index contributed by atoms with van der Waals surface area (Å²) in [7, 11) is 1.12. The average Bonchev–Trinajstić information content (AvgIpc) is 2.65. The van der Waals surface area contributed by atoms with Crippen molar-refractivity contribution in [1.29, 1.82) is 0 Å². The van der Waals surface area contributed by atoms with E-state index in [1.165, 1.54) is 12.1 Å². The molecule has 1 unspecified atom stereocenters. The Kier molecular flexibility index (Phi) is 2.86. The molecule has 6 nitrogen and oxygen atoms in total. The molecule has 0 saturated carbocycles.